The first-order chi connectivity index (χ1) is 25.2. The van der Waals surface area contributed by atoms with Crippen molar-refractivity contribution in [3.8, 4) is 39.1 Å². The maximum atomic E-state index is 4.93. The molecule has 0 saturated carbocycles. The van der Waals surface area contributed by atoms with Gasteiger partial charge in [-0.1, -0.05) is 140 Å². The van der Waals surface area contributed by atoms with Gasteiger partial charge in [-0.25, -0.2) is 4.98 Å². The van der Waals surface area contributed by atoms with Crippen molar-refractivity contribution in [3.63, 3.8) is 0 Å². The summed E-state index contributed by atoms with van der Waals surface area (Å²) in [4.78, 5) is 4.93. The predicted molar refractivity (Wildman–Crippen MR) is 217 cm³/mol. The van der Waals surface area contributed by atoms with Crippen LogP contribution >= 0.6 is 0 Å². The number of aromatic nitrogens is 2. The lowest BCUT2D eigenvalue weighted by Crippen LogP contribution is -2.00. The standard InChI is InChI=1S/C49H34N2/c1-2-47-50-45-18-10-11-19-46(45)51(47)40-26-24-35-29-39(23-21-36(35)30-40)49-42-17-9-8-16-41(42)48(38-22-20-33-14-6-7-15-34(33)28-38)43-27-25-37(31-44(43)49)32-12-4-3-5-13-32/h3-31H,2H2,1H3. The third kappa shape index (κ3) is 4.83. The van der Waals surface area contributed by atoms with Gasteiger partial charge in [-0.3, -0.25) is 4.57 Å². The fourth-order valence-electron chi connectivity index (χ4n) is 8.08. The van der Waals surface area contributed by atoms with Crippen molar-refractivity contribution in [2.45, 2.75) is 13.3 Å². The molecule has 0 aliphatic rings. The Balaban J connectivity index is 1.22. The SMILES string of the molecule is CCc1nc2ccccc2n1-c1ccc2cc(-c3c4ccccc4c(-c4ccc5ccccc5c4)c4ccc(-c5ccccc5)cc34)ccc2c1. The minimum absolute atomic E-state index is 0.867. The van der Waals surface area contributed by atoms with Crippen molar-refractivity contribution >= 4 is 54.1 Å². The van der Waals surface area contributed by atoms with E-state index in [1.54, 1.807) is 0 Å². The van der Waals surface area contributed by atoms with Gasteiger partial charge in [0.25, 0.3) is 0 Å². The van der Waals surface area contributed by atoms with Crippen LogP contribution in [-0.2, 0) is 6.42 Å². The molecule has 0 radical (unpaired) electrons. The second-order valence-corrected chi connectivity index (χ2v) is 13.4. The van der Waals surface area contributed by atoms with E-state index < -0.39 is 0 Å². The topological polar surface area (TPSA) is 17.8 Å². The number of para-hydroxylation sites is 2. The van der Waals surface area contributed by atoms with Crippen molar-refractivity contribution in [1.29, 1.82) is 0 Å². The Kier molecular flexibility index (Phi) is 6.82. The highest BCUT2D eigenvalue weighted by atomic mass is 15.1. The molecule has 1 heterocycles. The van der Waals surface area contributed by atoms with E-state index in [-0.39, 0.29) is 0 Å². The maximum Gasteiger partial charge on any atom is 0.114 e. The fraction of sp³-hybridized carbons (Fsp3) is 0.0408. The summed E-state index contributed by atoms with van der Waals surface area (Å²) in [6, 6.07) is 64.4. The van der Waals surface area contributed by atoms with Gasteiger partial charge < -0.3 is 0 Å². The average Bonchev–Trinajstić information content (AvgIpc) is 3.58. The molecule has 0 atom stereocenters. The molecule has 0 aliphatic carbocycles. The summed E-state index contributed by atoms with van der Waals surface area (Å²) >= 11 is 0. The molecule has 0 amide bonds. The average molecular weight is 651 g/mol. The maximum absolute atomic E-state index is 4.93. The molecule has 2 nitrogen and oxygen atoms in total. The second kappa shape index (κ2) is 11.8. The molecular weight excluding hydrogens is 617 g/mol. The molecule has 0 fully saturated rings. The number of imidazole rings is 1. The molecule has 240 valence electrons. The third-order valence-corrected chi connectivity index (χ3v) is 10.5. The largest absolute Gasteiger partial charge is 0.296 e. The van der Waals surface area contributed by atoms with Gasteiger partial charge in [0.1, 0.15) is 5.82 Å². The number of fused-ring (bicyclic) bond motifs is 5. The lowest BCUT2D eigenvalue weighted by Gasteiger charge is -2.19. The number of hydrogen-bond acceptors (Lipinski definition) is 1. The number of benzene rings is 9. The molecule has 0 saturated heterocycles. The highest BCUT2D eigenvalue weighted by Gasteiger charge is 2.19. The van der Waals surface area contributed by atoms with Crippen LogP contribution in [0.4, 0.5) is 0 Å². The Bertz CT molecular complexity index is 2950. The normalized spacial score (nSPS) is 11.7. The van der Waals surface area contributed by atoms with Crippen LogP contribution in [-0.4, -0.2) is 9.55 Å². The quantitative estimate of drug-likeness (QED) is 0.170. The molecule has 51 heavy (non-hydrogen) atoms. The van der Waals surface area contributed by atoms with Gasteiger partial charge >= 0.3 is 0 Å². The lowest BCUT2D eigenvalue weighted by molar-refractivity contribution is 0.909. The summed E-state index contributed by atoms with van der Waals surface area (Å²) in [7, 11) is 0. The van der Waals surface area contributed by atoms with Gasteiger partial charge in [-0.15, -0.1) is 0 Å². The summed E-state index contributed by atoms with van der Waals surface area (Å²) in [5.41, 5.74) is 10.7. The molecule has 9 aromatic carbocycles. The summed E-state index contributed by atoms with van der Waals surface area (Å²) in [6.45, 7) is 2.17. The van der Waals surface area contributed by atoms with Crippen molar-refractivity contribution in [3.05, 3.63) is 182 Å². The second-order valence-electron chi connectivity index (χ2n) is 13.4. The Hall–Kier alpha value is -6.51. The third-order valence-electron chi connectivity index (χ3n) is 10.5. The predicted octanol–water partition coefficient (Wildman–Crippen LogP) is 13.2. The van der Waals surface area contributed by atoms with Crippen molar-refractivity contribution in [2.75, 3.05) is 0 Å². The van der Waals surface area contributed by atoms with Crippen molar-refractivity contribution < 1.29 is 0 Å². The first-order valence-electron chi connectivity index (χ1n) is 17.8. The highest BCUT2D eigenvalue weighted by molar-refractivity contribution is 6.22. The van der Waals surface area contributed by atoms with Crippen LogP contribution in [0.25, 0.3) is 93.2 Å². The van der Waals surface area contributed by atoms with Gasteiger partial charge in [0, 0.05) is 12.1 Å². The summed E-state index contributed by atoms with van der Waals surface area (Å²) in [6.07, 6.45) is 0.867. The first-order valence-corrected chi connectivity index (χ1v) is 17.8. The van der Waals surface area contributed by atoms with Gasteiger partial charge in [0.2, 0.25) is 0 Å². The van der Waals surface area contributed by atoms with Crippen LogP contribution in [0, 0.1) is 0 Å². The van der Waals surface area contributed by atoms with Crippen LogP contribution in [0.15, 0.2) is 176 Å². The monoisotopic (exact) mass is 650 g/mol. The molecule has 10 aromatic rings. The molecule has 1 aromatic heterocycles. The van der Waals surface area contributed by atoms with Gasteiger partial charge in [0.15, 0.2) is 0 Å². The van der Waals surface area contributed by atoms with E-state index >= 15 is 0 Å². The van der Waals surface area contributed by atoms with E-state index in [1.807, 2.05) is 0 Å². The number of nitrogens with zero attached hydrogens (tertiary/aromatic N) is 2. The molecule has 0 spiro atoms. The Morgan fingerprint density at radius 2 is 0.980 bits per heavy atom. The van der Waals surface area contributed by atoms with Gasteiger partial charge in [-0.2, -0.15) is 0 Å². The van der Waals surface area contributed by atoms with Crippen LogP contribution < -0.4 is 0 Å². The zero-order chi connectivity index (χ0) is 33.9. The molecular formula is C49H34N2. The van der Waals surface area contributed by atoms with Crippen molar-refractivity contribution in [2.24, 2.45) is 0 Å². The number of hydrogen-bond donors (Lipinski definition) is 0. The van der Waals surface area contributed by atoms with E-state index in [4.69, 9.17) is 4.98 Å². The van der Waals surface area contributed by atoms with Crippen LogP contribution in [0.1, 0.15) is 12.7 Å². The minimum Gasteiger partial charge on any atom is -0.296 e. The summed E-state index contributed by atoms with van der Waals surface area (Å²) in [5.74, 6) is 1.07. The molecule has 0 N–H and O–H groups in total. The smallest absolute Gasteiger partial charge is 0.114 e. The van der Waals surface area contributed by atoms with Crippen molar-refractivity contribution in [1.82, 2.24) is 9.55 Å². The molecule has 0 unspecified atom stereocenters. The lowest BCUT2D eigenvalue weighted by atomic mass is 9.84. The Labute approximate surface area is 296 Å². The zero-order valence-electron chi connectivity index (χ0n) is 28.3. The molecule has 10 rings (SSSR count). The van der Waals surface area contributed by atoms with E-state index in [9.17, 15) is 0 Å². The number of aryl methyl sites for hydroxylation is 1. The van der Waals surface area contributed by atoms with Gasteiger partial charge in [-0.05, 0) is 119 Å². The van der Waals surface area contributed by atoms with E-state index in [1.165, 1.54) is 76.5 Å². The fourth-order valence-corrected chi connectivity index (χ4v) is 8.08. The molecule has 0 bridgehead atoms. The molecule has 0 aliphatic heterocycles. The summed E-state index contributed by atoms with van der Waals surface area (Å²) in [5, 5.41) is 9.96. The van der Waals surface area contributed by atoms with Crippen LogP contribution in [0.3, 0.4) is 0 Å². The Morgan fingerprint density at radius 1 is 0.412 bits per heavy atom. The Morgan fingerprint density at radius 3 is 1.76 bits per heavy atom. The van der Waals surface area contributed by atoms with Crippen LogP contribution in [0.5, 0.6) is 0 Å². The minimum atomic E-state index is 0.867. The van der Waals surface area contributed by atoms with Gasteiger partial charge in [0.05, 0.1) is 11.0 Å². The molecule has 2 heteroatoms. The number of rotatable bonds is 5. The van der Waals surface area contributed by atoms with E-state index in [2.05, 4.69) is 187 Å². The highest BCUT2D eigenvalue weighted by Crippen LogP contribution is 2.45. The van der Waals surface area contributed by atoms with E-state index in [0.717, 1.165) is 29.0 Å². The summed E-state index contributed by atoms with van der Waals surface area (Å²) < 4.78 is 2.31. The van der Waals surface area contributed by atoms with E-state index in [0.29, 0.717) is 0 Å². The first kappa shape index (κ1) is 29.4. The zero-order valence-corrected chi connectivity index (χ0v) is 28.3. The van der Waals surface area contributed by atoms with Crippen LogP contribution in [0.2, 0.25) is 0 Å².